The van der Waals surface area contributed by atoms with Crippen molar-refractivity contribution in [3.05, 3.63) is 65.5 Å². The minimum atomic E-state index is -0.783. The van der Waals surface area contributed by atoms with Crippen LogP contribution in [-0.4, -0.2) is 43.4 Å². The molecule has 0 fully saturated rings. The molecule has 214 valence electrons. The first-order chi connectivity index (χ1) is 18.7. The number of aliphatic hydroxyl groups is 1. The van der Waals surface area contributed by atoms with Crippen LogP contribution >= 0.6 is 0 Å². The summed E-state index contributed by atoms with van der Waals surface area (Å²) in [6.07, 6.45) is -0.640. The minimum Gasteiger partial charge on any atom is -0.496 e. The number of hydrogen-bond donors (Lipinski definition) is 2. The fourth-order valence-corrected chi connectivity index (χ4v) is 4.72. The molecular formula is C32H39FN2O5. The second-order valence-corrected chi connectivity index (χ2v) is 11.9. The SMILES string of the molecule is COc1cc(OCC(O)C(C)(C)C)ccc1-c1ccc2c(c1COc1cc(F)ccc1C)N(C)C(=O)C(C)(C)N2. The van der Waals surface area contributed by atoms with Crippen LogP contribution in [-0.2, 0) is 11.4 Å². The predicted molar refractivity (Wildman–Crippen MR) is 156 cm³/mol. The summed E-state index contributed by atoms with van der Waals surface area (Å²) >= 11 is 0. The molecule has 40 heavy (non-hydrogen) atoms. The number of nitrogens with zero attached hydrogens (tertiary/aromatic N) is 1. The molecule has 7 nitrogen and oxygen atoms in total. The fraction of sp³-hybridized carbons (Fsp3) is 0.406. The van der Waals surface area contributed by atoms with Crippen molar-refractivity contribution in [3.8, 4) is 28.4 Å². The molecule has 1 aliphatic rings. The van der Waals surface area contributed by atoms with E-state index in [4.69, 9.17) is 14.2 Å². The average Bonchev–Trinajstić information content (AvgIpc) is 2.89. The highest BCUT2D eigenvalue weighted by molar-refractivity contribution is 6.08. The van der Waals surface area contributed by atoms with Gasteiger partial charge >= 0.3 is 0 Å². The quantitative estimate of drug-likeness (QED) is 0.341. The number of anilines is 2. The molecule has 0 saturated carbocycles. The number of halogens is 1. The molecule has 0 bridgehead atoms. The third-order valence-corrected chi connectivity index (χ3v) is 7.30. The monoisotopic (exact) mass is 550 g/mol. The Labute approximate surface area is 235 Å². The smallest absolute Gasteiger partial charge is 0.251 e. The van der Waals surface area contributed by atoms with Gasteiger partial charge in [0, 0.05) is 30.3 Å². The van der Waals surface area contributed by atoms with E-state index in [2.05, 4.69) is 5.32 Å². The first kappa shape index (κ1) is 29.2. The van der Waals surface area contributed by atoms with Crippen LogP contribution in [0.3, 0.4) is 0 Å². The van der Waals surface area contributed by atoms with E-state index < -0.39 is 11.6 Å². The Kier molecular flexibility index (Phi) is 8.04. The Morgan fingerprint density at radius 3 is 2.40 bits per heavy atom. The van der Waals surface area contributed by atoms with Crippen molar-refractivity contribution in [1.29, 1.82) is 0 Å². The van der Waals surface area contributed by atoms with Gasteiger partial charge in [-0.3, -0.25) is 4.79 Å². The van der Waals surface area contributed by atoms with Gasteiger partial charge < -0.3 is 29.5 Å². The molecule has 0 aliphatic carbocycles. The summed E-state index contributed by atoms with van der Waals surface area (Å²) in [6, 6.07) is 13.8. The number of ether oxygens (including phenoxy) is 3. The molecule has 1 heterocycles. The molecule has 1 aliphatic heterocycles. The van der Waals surface area contributed by atoms with Gasteiger partial charge in [-0.25, -0.2) is 4.39 Å². The van der Waals surface area contributed by atoms with E-state index in [0.29, 0.717) is 22.9 Å². The highest BCUT2D eigenvalue weighted by atomic mass is 19.1. The lowest BCUT2D eigenvalue weighted by Crippen LogP contribution is -2.52. The van der Waals surface area contributed by atoms with E-state index in [1.54, 1.807) is 31.2 Å². The van der Waals surface area contributed by atoms with E-state index in [9.17, 15) is 14.3 Å². The van der Waals surface area contributed by atoms with Crippen molar-refractivity contribution in [3.63, 3.8) is 0 Å². The summed E-state index contributed by atoms with van der Waals surface area (Å²) in [6.45, 7) is 11.6. The number of hydrogen-bond acceptors (Lipinski definition) is 6. The summed E-state index contributed by atoms with van der Waals surface area (Å²) < 4.78 is 31.8. The van der Waals surface area contributed by atoms with Crippen LogP contribution in [0.4, 0.5) is 15.8 Å². The molecule has 0 aromatic heterocycles. The molecule has 8 heteroatoms. The summed E-state index contributed by atoms with van der Waals surface area (Å²) in [5.74, 6) is 1.07. The van der Waals surface area contributed by atoms with Crippen LogP contribution in [0.2, 0.25) is 0 Å². The number of fused-ring (bicyclic) bond motifs is 1. The first-order valence-electron chi connectivity index (χ1n) is 13.3. The van der Waals surface area contributed by atoms with Gasteiger partial charge in [0.15, 0.2) is 0 Å². The molecule has 0 radical (unpaired) electrons. The van der Waals surface area contributed by atoms with E-state index in [1.807, 2.05) is 65.8 Å². The Morgan fingerprint density at radius 1 is 1.02 bits per heavy atom. The van der Waals surface area contributed by atoms with Gasteiger partial charge in [-0.15, -0.1) is 0 Å². The van der Waals surface area contributed by atoms with Gasteiger partial charge in [0.1, 0.15) is 41.8 Å². The van der Waals surface area contributed by atoms with Gasteiger partial charge in [0.2, 0.25) is 0 Å². The Hall–Kier alpha value is -3.78. The number of methoxy groups -OCH3 is 1. The van der Waals surface area contributed by atoms with Gasteiger partial charge in [0.05, 0.1) is 24.6 Å². The molecule has 0 saturated heterocycles. The van der Waals surface area contributed by atoms with Crippen molar-refractivity contribution in [1.82, 2.24) is 0 Å². The first-order valence-corrected chi connectivity index (χ1v) is 13.3. The number of benzene rings is 3. The van der Waals surface area contributed by atoms with E-state index >= 15 is 0 Å². The van der Waals surface area contributed by atoms with Crippen LogP contribution in [0.15, 0.2) is 48.5 Å². The van der Waals surface area contributed by atoms with Gasteiger partial charge in [-0.2, -0.15) is 0 Å². The largest absolute Gasteiger partial charge is 0.496 e. The summed E-state index contributed by atoms with van der Waals surface area (Å²) in [7, 11) is 3.33. The molecule has 1 atom stereocenters. The molecule has 4 rings (SSSR count). The number of carbonyl (C=O) groups is 1. The maximum Gasteiger partial charge on any atom is 0.251 e. The zero-order chi connectivity index (χ0) is 29.4. The van der Waals surface area contributed by atoms with E-state index in [-0.39, 0.29) is 30.4 Å². The van der Waals surface area contributed by atoms with Gasteiger partial charge in [0.25, 0.3) is 5.91 Å². The maximum absolute atomic E-state index is 14.0. The van der Waals surface area contributed by atoms with Crippen LogP contribution in [0.1, 0.15) is 45.7 Å². The number of amides is 1. The van der Waals surface area contributed by atoms with Crippen LogP contribution in [0, 0.1) is 18.2 Å². The fourth-order valence-electron chi connectivity index (χ4n) is 4.72. The van der Waals surface area contributed by atoms with Crippen molar-refractivity contribution in [2.24, 2.45) is 5.41 Å². The number of likely N-dealkylation sites (N-methyl/N-ethyl adjacent to an activating group) is 1. The lowest BCUT2D eigenvalue weighted by Gasteiger charge is -2.39. The lowest BCUT2D eigenvalue weighted by atomic mass is 9.90. The number of aryl methyl sites for hydroxylation is 1. The topological polar surface area (TPSA) is 80.3 Å². The van der Waals surface area contributed by atoms with Crippen molar-refractivity contribution in [2.45, 2.75) is 59.8 Å². The zero-order valence-electron chi connectivity index (χ0n) is 24.5. The van der Waals surface area contributed by atoms with Crippen LogP contribution in [0.25, 0.3) is 11.1 Å². The number of carbonyl (C=O) groups excluding carboxylic acids is 1. The molecule has 0 spiro atoms. The van der Waals surface area contributed by atoms with Crippen molar-refractivity contribution in [2.75, 3.05) is 31.0 Å². The number of rotatable bonds is 8. The van der Waals surface area contributed by atoms with Crippen molar-refractivity contribution >= 4 is 17.3 Å². The predicted octanol–water partition coefficient (Wildman–Crippen LogP) is 6.34. The Balaban J connectivity index is 1.78. The standard InChI is InChI=1S/C32H39FN2O5/c1-19-9-10-20(33)15-26(19)40-17-24-22(13-14-25-29(24)35(7)30(37)32(5,6)34-25)23-12-11-21(16-27(23)38-8)39-18-28(36)31(2,3)4/h9-16,28,34,36H,17-18H2,1-8H3. The average molecular weight is 551 g/mol. The lowest BCUT2D eigenvalue weighted by molar-refractivity contribution is -0.121. The summed E-state index contributed by atoms with van der Waals surface area (Å²) in [4.78, 5) is 14.9. The minimum absolute atomic E-state index is 0.0850. The molecule has 3 aromatic carbocycles. The molecule has 1 amide bonds. The highest BCUT2D eigenvalue weighted by Gasteiger charge is 2.38. The normalized spacial score (nSPS) is 15.2. The maximum atomic E-state index is 14.0. The van der Waals surface area contributed by atoms with Crippen molar-refractivity contribution < 1.29 is 28.5 Å². The molecule has 1 unspecified atom stereocenters. The molecule has 2 N–H and O–H groups in total. The number of nitrogens with one attached hydrogen (secondary N) is 1. The van der Waals surface area contributed by atoms with Gasteiger partial charge in [-0.1, -0.05) is 32.9 Å². The zero-order valence-corrected chi connectivity index (χ0v) is 24.5. The summed E-state index contributed by atoms with van der Waals surface area (Å²) in [5.41, 5.74) is 3.50. The number of aliphatic hydroxyl groups excluding tert-OH is 1. The highest BCUT2D eigenvalue weighted by Crippen LogP contribution is 2.45. The third kappa shape index (κ3) is 5.87. The summed E-state index contributed by atoms with van der Waals surface area (Å²) in [5, 5.41) is 13.7. The molecular weight excluding hydrogens is 511 g/mol. The second-order valence-electron chi connectivity index (χ2n) is 11.9. The second kappa shape index (κ2) is 11.0. The van der Waals surface area contributed by atoms with Crippen LogP contribution < -0.4 is 24.4 Å². The van der Waals surface area contributed by atoms with E-state index in [1.165, 1.54) is 12.1 Å². The van der Waals surface area contributed by atoms with E-state index in [0.717, 1.165) is 27.9 Å². The molecule has 3 aromatic rings. The Bertz CT molecular complexity index is 1410. The van der Waals surface area contributed by atoms with Gasteiger partial charge in [-0.05, 0) is 61.6 Å². The van der Waals surface area contributed by atoms with Crippen LogP contribution in [0.5, 0.6) is 17.2 Å². The third-order valence-electron chi connectivity index (χ3n) is 7.30. The Morgan fingerprint density at radius 2 is 1.73 bits per heavy atom.